The molecule has 0 spiro atoms. The lowest BCUT2D eigenvalue weighted by Gasteiger charge is -2.32. The molecule has 0 radical (unpaired) electrons. The number of hydrogen-bond donors (Lipinski definition) is 2. The summed E-state index contributed by atoms with van der Waals surface area (Å²) in [7, 11) is 0. The van der Waals surface area contributed by atoms with Crippen molar-refractivity contribution in [2.45, 2.75) is 12.8 Å². The van der Waals surface area contributed by atoms with Gasteiger partial charge >= 0.3 is 0 Å². The Labute approximate surface area is 126 Å². The van der Waals surface area contributed by atoms with Crippen molar-refractivity contribution >= 4 is 12.0 Å². The van der Waals surface area contributed by atoms with Gasteiger partial charge in [-0.2, -0.15) is 0 Å². The number of amides is 1. The van der Waals surface area contributed by atoms with E-state index in [0.717, 1.165) is 26.1 Å². The van der Waals surface area contributed by atoms with Crippen LogP contribution in [-0.4, -0.2) is 48.7 Å². The second kappa shape index (κ2) is 8.60. The molecular weight excluding hydrogens is 264 g/mol. The van der Waals surface area contributed by atoms with E-state index in [1.54, 1.807) is 0 Å². The Kier molecular flexibility index (Phi) is 6.44. The molecule has 2 rings (SSSR count). The fourth-order valence-electron chi connectivity index (χ4n) is 2.70. The molecule has 114 valence electrons. The Bertz CT molecular complexity index is 459. The van der Waals surface area contributed by atoms with E-state index < -0.39 is 6.61 Å². The third-order valence-corrected chi connectivity index (χ3v) is 3.81. The lowest BCUT2D eigenvalue weighted by atomic mass is 9.98. The number of hydrogen-bond acceptors (Lipinski definition) is 3. The Morgan fingerprint density at radius 3 is 2.95 bits per heavy atom. The van der Waals surface area contributed by atoms with Gasteiger partial charge in [0.25, 0.3) is 0 Å². The Balaban J connectivity index is 1.73. The molecular formula is C17H24N2O2. The first-order valence-corrected chi connectivity index (χ1v) is 7.59. The summed E-state index contributed by atoms with van der Waals surface area (Å²) in [5.41, 5.74) is 1.22. The summed E-state index contributed by atoms with van der Waals surface area (Å²) in [6.07, 6.45) is 6.66. The third-order valence-electron chi connectivity index (χ3n) is 3.81. The van der Waals surface area contributed by atoms with Crippen LogP contribution in [0.1, 0.15) is 18.4 Å². The maximum atomic E-state index is 11.1. The third kappa shape index (κ3) is 5.69. The Morgan fingerprint density at radius 2 is 2.19 bits per heavy atom. The van der Waals surface area contributed by atoms with Gasteiger partial charge in [0.1, 0.15) is 6.61 Å². The number of likely N-dealkylation sites (tertiary alicyclic amines) is 1. The highest BCUT2D eigenvalue weighted by Crippen LogP contribution is 2.15. The van der Waals surface area contributed by atoms with E-state index in [1.165, 1.54) is 12.0 Å². The van der Waals surface area contributed by atoms with Gasteiger partial charge in [0.15, 0.2) is 0 Å². The topological polar surface area (TPSA) is 52.6 Å². The predicted octanol–water partition coefficient (Wildman–Crippen LogP) is 1.52. The van der Waals surface area contributed by atoms with E-state index in [4.69, 9.17) is 5.11 Å². The molecule has 1 aromatic carbocycles. The van der Waals surface area contributed by atoms with E-state index in [-0.39, 0.29) is 5.91 Å². The Hall–Kier alpha value is -1.65. The number of carbonyl (C=O) groups excluding carboxylic acids is 1. The van der Waals surface area contributed by atoms with E-state index in [0.29, 0.717) is 12.5 Å². The molecule has 4 nitrogen and oxygen atoms in total. The molecule has 1 aliphatic heterocycles. The zero-order chi connectivity index (χ0) is 14.9. The maximum absolute atomic E-state index is 11.1. The molecule has 4 heteroatoms. The number of aliphatic hydroxyl groups excluding tert-OH is 1. The summed E-state index contributed by atoms with van der Waals surface area (Å²) in [4.78, 5) is 13.5. The van der Waals surface area contributed by atoms with Gasteiger partial charge in [-0.25, -0.2) is 0 Å². The van der Waals surface area contributed by atoms with Crippen LogP contribution in [0.4, 0.5) is 0 Å². The number of benzene rings is 1. The second-order valence-electron chi connectivity index (χ2n) is 5.54. The molecule has 1 aliphatic rings. The van der Waals surface area contributed by atoms with Gasteiger partial charge in [0, 0.05) is 19.6 Å². The highest BCUT2D eigenvalue weighted by molar-refractivity contribution is 5.76. The SMILES string of the molecule is O=C(CO)NC[C@H]1CCCN(C/C=C/c2ccccc2)C1. The minimum Gasteiger partial charge on any atom is -0.387 e. The highest BCUT2D eigenvalue weighted by atomic mass is 16.3. The summed E-state index contributed by atoms with van der Waals surface area (Å²) >= 11 is 0. The van der Waals surface area contributed by atoms with Gasteiger partial charge in [-0.3, -0.25) is 9.69 Å². The molecule has 0 aliphatic carbocycles. The summed E-state index contributed by atoms with van der Waals surface area (Å²) < 4.78 is 0. The minimum absolute atomic E-state index is 0.281. The van der Waals surface area contributed by atoms with Gasteiger partial charge in [-0.05, 0) is 30.9 Å². The number of nitrogens with one attached hydrogen (secondary N) is 1. The van der Waals surface area contributed by atoms with Crippen LogP contribution in [0.3, 0.4) is 0 Å². The molecule has 1 atom stereocenters. The smallest absolute Gasteiger partial charge is 0.245 e. The van der Waals surface area contributed by atoms with Crippen LogP contribution in [-0.2, 0) is 4.79 Å². The van der Waals surface area contributed by atoms with Crippen molar-refractivity contribution < 1.29 is 9.90 Å². The number of rotatable bonds is 6. The molecule has 0 unspecified atom stereocenters. The van der Waals surface area contributed by atoms with Gasteiger partial charge in [0.2, 0.25) is 5.91 Å². The van der Waals surface area contributed by atoms with E-state index in [9.17, 15) is 4.79 Å². The number of piperidine rings is 1. The first-order chi connectivity index (χ1) is 10.3. The van der Waals surface area contributed by atoms with Crippen molar-refractivity contribution in [1.29, 1.82) is 0 Å². The molecule has 1 saturated heterocycles. The lowest BCUT2D eigenvalue weighted by Crippen LogP contribution is -2.41. The van der Waals surface area contributed by atoms with Gasteiger partial charge in [0.05, 0.1) is 0 Å². The Morgan fingerprint density at radius 1 is 1.38 bits per heavy atom. The van der Waals surface area contributed by atoms with Crippen LogP contribution < -0.4 is 5.32 Å². The second-order valence-corrected chi connectivity index (χ2v) is 5.54. The average molecular weight is 288 g/mol. The molecule has 1 fully saturated rings. The lowest BCUT2D eigenvalue weighted by molar-refractivity contribution is -0.124. The van der Waals surface area contributed by atoms with Gasteiger partial charge in [-0.1, -0.05) is 42.5 Å². The van der Waals surface area contributed by atoms with Crippen molar-refractivity contribution in [3.8, 4) is 0 Å². The highest BCUT2D eigenvalue weighted by Gasteiger charge is 2.19. The fraction of sp³-hybridized carbons (Fsp3) is 0.471. The molecule has 0 aromatic heterocycles. The molecule has 1 amide bonds. The molecule has 0 saturated carbocycles. The number of aliphatic hydroxyl groups is 1. The van der Waals surface area contributed by atoms with Crippen molar-refractivity contribution in [2.24, 2.45) is 5.92 Å². The fourth-order valence-corrected chi connectivity index (χ4v) is 2.70. The van der Waals surface area contributed by atoms with Gasteiger partial charge < -0.3 is 10.4 Å². The van der Waals surface area contributed by atoms with Crippen LogP contribution in [0.25, 0.3) is 6.08 Å². The van der Waals surface area contributed by atoms with Crippen LogP contribution in [0.15, 0.2) is 36.4 Å². The van der Waals surface area contributed by atoms with Crippen molar-refractivity contribution in [2.75, 3.05) is 32.8 Å². The van der Waals surface area contributed by atoms with Crippen molar-refractivity contribution in [1.82, 2.24) is 10.2 Å². The molecule has 1 aromatic rings. The molecule has 21 heavy (non-hydrogen) atoms. The quantitative estimate of drug-likeness (QED) is 0.834. The largest absolute Gasteiger partial charge is 0.387 e. The molecule has 2 N–H and O–H groups in total. The summed E-state index contributed by atoms with van der Waals surface area (Å²) in [5, 5.41) is 11.5. The summed E-state index contributed by atoms with van der Waals surface area (Å²) in [6.45, 7) is 3.31. The van der Waals surface area contributed by atoms with E-state index in [2.05, 4.69) is 34.5 Å². The van der Waals surface area contributed by atoms with Crippen molar-refractivity contribution in [3.63, 3.8) is 0 Å². The summed E-state index contributed by atoms with van der Waals surface area (Å²) in [5.74, 6) is 0.204. The standard InChI is InChI=1S/C17H24N2O2/c20-14-17(21)18-12-16-9-5-11-19(13-16)10-4-8-15-6-2-1-3-7-15/h1-4,6-8,16,20H,5,9-14H2,(H,18,21)/b8-4+/t16-/m1/s1. The number of carbonyl (C=O) groups is 1. The van der Waals surface area contributed by atoms with Gasteiger partial charge in [-0.15, -0.1) is 0 Å². The van der Waals surface area contributed by atoms with E-state index in [1.807, 2.05) is 18.2 Å². The monoisotopic (exact) mass is 288 g/mol. The molecule has 0 bridgehead atoms. The zero-order valence-corrected chi connectivity index (χ0v) is 12.4. The average Bonchev–Trinajstić information content (AvgIpc) is 2.54. The van der Waals surface area contributed by atoms with Crippen LogP contribution in [0.2, 0.25) is 0 Å². The normalized spacial score (nSPS) is 19.8. The maximum Gasteiger partial charge on any atom is 0.245 e. The molecule has 1 heterocycles. The first kappa shape index (κ1) is 15.7. The van der Waals surface area contributed by atoms with Crippen LogP contribution >= 0.6 is 0 Å². The van der Waals surface area contributed by atoms with Crippen LogP contribution in [0, 0.1) is 5.92 Å². The zero-order valence-electron chi connectivity index (χ0n) is 12.4. The number of nitrogens with zero attached hydrogens (tertiary/aromatic N) is 1. The predicted molar refractivity (Wildman–Crippen MR) is 84.7 cm³/mol. The van der Waals surface area contributed by atoms with E-state index >= 15 is 0 Å². The summed E-state index contributed by atoms with van der Waals surface area (Å²) in [6, 6.07) is 10.3. The minimum atomic E-state index is -0.420. The first-order valence-electron chi connectivity index (χ1n) is 7.59. The van der Waals surface area contributed by atoms with Crippen LogP contribution in [0.5, 0.6) is 0 Å². The van der Waals surface area contributed by atoms with Crippen molar-refractivity contribution in [3.05, 3.63) is 42.0 Å².